The summed E-state index contributed by atoms with van der Waals surface area (Å²) in [4.78, 5) is 8.65. The SMILES string of the molecule is CCNCc1nc2c(s1)CN(CC)CC2. The van der Waals surface area contributed by atoms with Gasteiger partial charge in [0.15, 0.2) is 0 Å². The number of hydrogen-bond donors (Lipinski definition) is 1. The average Bonchev–Trinajstić information content (AvgIpc) is 2.67. The number of aromatic nitrogens is 1. The van der Waals surface area contributed by atoms with Crippen molar-refractivity contribution in [1.29, 1.82) is 0 Å². The molecule has 1 aliphatic heterocycles. The third kappa shape index (κ3) is 2.56. The maximum Gasteiger partial charge on any atom is 0.107 e. The van der Waals surface area contributed by atoms with Gasteiger partial charge >= 0.3 is 0 Å². The van der Waals surface area contributed by atoms with Gasteiger partial charge in [-0.25, -0.2) is 4.98 Å². The number of nitrogens with one attached hydrogen (secondary N) is 1. The molecule has 0 saturated carbocycles. The van der Waals surface area contributed by atoms with Crippen LogP contribution in [0, 0.1) is 0 Å². The molecule has 0 bridgehead atoms. The maximum absolute atomic E-state index is 4.69. The molecular formula is C11H19N3S. The molecule has 0 spiro atoms. The number of thiazole rings is 1. The first-order valence-electron chi connectivity index (χ1n) is 5.74. The van der Waals surface area contributed by atoms with E-state index < -0.39 is 0 Å². The van der Waals surface area contributed by atoms with E-state index in [1.54, 1.807) is 0 Å². The van der Waals surface area contributed by atoms with Crippen molar-refractivity contribution in [2.75, 3.05) is 19.6 Å². The van der Waals surface area contributed by atoms with E-state index in [1.807, 2.05) is 11.3 Å². The van der Waals surface area contributed by atoms with Gasteiger partial charge in [-0.1, -0.05) is 13.8 Å². The summed E-state index contributed by atoms with van der Waals surface area (Å²) < 4.78 is 0. The molecule has 4 heteroatoms. The van der Waals surface area contributed by atoms with E-state index in [1.165, 1.54) is 22.1 Å². The smallest absolute Gasteiger partial charge is 0.107 e. The molecule has 1 aromatic rings. The molecule has 0 radical (unpaired) electrons. The largest absolute Gasteiger partial charge is 0.311 e. The highest BCUT2D eigenvalue weighted by Crippen LogP contribution is 2.24. The Hall–Kier alpha value is -0.450. The van der Waals surface area contributed by atoms with Crippen LogP contribution in [0.2, 0.25) is 0 Å². The lowest BCUT2D eigenvalue weighted by atomic mass is 10.2. The molecule has 15 heavy (non-hydrogen) atoms. The minimum Gasteiger partial charge on any atom is -0.311 e. The molecule has 0 atom stereocenters. The molecule has 1 aliphatic rings. The zero-order valence-electron chi connectivity index (χ0n) is 9.55. The number of likely N-dealkylation sites (N-methyl/N-ethyl adjacent to an activating group) is 1. The van der Waals surface area contributed by atoms with Gasteiger partial charge in [0.25, 0.3) is 0 Å². The fourth-order valence-electron chi connectivity index (χ4n) is 1.88. The predicted molar refractivity (Wildman–Crippen MR) is 64.1 cm³/mol. The highest BCUT2D eigenvalue weighted by molar-refractivity contribution is 7.11. The Morgan fingerprint density at radius 2 is 2.33 bits per heavy atom. The van der Waals surface area contributed by atoms with Gasteiger partial charge < -0.3 is 5.32 Å². The normalized spacial score (nSPS) is 16.7. The van der Waals surface area contributed by atoms with E-state index in [0.717, 1.165) is 32.6 Å². The van der Waals surface area contributed by atoms with Gasteiger partial charge in [-0.2, -0.15) is 0 Å². The summed E-state index contributed by atoms with van der Waals surface area (Å²) >= 11 is 1.88. The van der Waals surface area contributed by atoms with Crippen LogP contribution < -0.4 is 5.32 Å². The molecule has 1 N–H and O–H groups in total. The third-order valence-corrected chi connectivity index (χ3v) is 3.91. The molecule has 1 aromatic heterocycles. The fraction of sp³-hybridized carbons (Fsp3) is 0.727. The second-order valence-electron chi connectivity index (χ2n) is 3.88. The summed E-state index contributed by atoms with van der Waals surface area (Å²) in [7, 11) is 0. The summed E-state index contributed by atoms with van der Waals surface area (Å²) in [5.74, 6) is 0. The van der Waals surface area contributed by atoms with E-state index in [9.17, 15) is 0 Å². The Morgan fingerprint density at radius 1 is 1.47 bits per heavy atom. The van der Waals surface area contributed by atoms with Crippen LogP contribution in [0.3, 0.4) is 0 Å². The van der Waals surface area contributed by atoms with Crippen molar-refractivity contribution in [3.8, 4) is 0 Å². The zero-order valence-corrected chi connectivity index (χ0v) is 10.4. The van der Waals surface area contributed by atoms with Crippen LogP contribution in [-0.2, 0) is 19.5 Å². The van der Waals surface area contributed by atoms with Gasteiger partial charge in [-0.05, 0) is 13.1 Å². The lowest BCUT2D eigenvalue weighted by Crippen LogP contribution is -2.29. The van der Waals surface area contributed by atoms with E-state index in [2.05, 4.69) is 29.0 Å². The van der Waals surface area contributed by atoms with Gasteiger partial charge in [0, 0.05) is 30.9 Å². The molecule has 0 fully saturated rings. The molecule has 0 unspecified atom stereocenters. The highest BCUT2D eigenvalue weighted by atomic mass is 32.1. The summed E-state index contributed by atoms with van der Waals surface area (Å²) in [6.45, 7) is 9.74. The minimum absolute atomic E-state index is 0.931. The monoisotopic (exact) mass is 225 g/mol. The Labute approximate surface area is 95.5 Å². The molecule has 0 aromatic carbocycles. The number of rotatable bonds is 4. The fourth-order valence-corrected chi connectivity index (χ4v) is 3.01. The van der Waals surface area contributed by atoms with Gasteiger partial charge in [0.2, 0.25) is 0 Å². The second-order valence-corrected chi connectivity index (χ2v) is 5.04. The van der Waals surface area contributed by atoms with Gasteiger partial charge in [-0.15, -0.1) is 11.3 Å². The van der Waals surface area contributed by atoms with Crippen molar-refractivity contribution in [3.05, 3.63) is 15.6 Å². The van der Waals surface area contributed by atoms with Crippen LogP contribution in [0.15, 0.2) is 0 Å². The van der Waals surface area contributed by atoms with Crippen LogP contribution in [0.1, 0.15) is 29.4 Å². The van der Waals surface area contributed by atoms with E-state index in [0.29, 0.717) is 0 Å². The maximum atomic E-state index is 4.69. The topological polar surface area (TPSA) is 28.2 Å². The zero-order chi connectivity index (χ0) is 10.7. The molecular weight excluding hydrogens is 206 g/mol. The van der Waals surface area contributed by atoms with Gasteiger partial charge in [0.05, 0.1) is 5.69 Å². The van der Waals surface area contributed by atoms with Crippen LogP contribution in [0.25, 0.3) is 0 Å². The Kier molecular flexibility index (Phi) is 3.72. The quantitative estimate of drug-likeness (QED) is 0.844. The van der Waals surface area contributed by atoms with E-state index in [4.69, 9.17) is 0 Å². The summed E-state index contributed by atoms with van der Waals surface area (Å²) in [6.07, 6.45) is 1.13. The van der Waals surface area contributed by atoms with Crippen molar-refractivity contribution in [1.82, 2.24) is 15.2 Å². The number of nitrogens with zero attached hydrogens (tertiary/aromatic N) is 2. The predicted octanol–water partition coefficient (Wildman–Crippen LogP) is 1.63. The molecule has 2 heterocycles. The molecule has 0 saturated heterocycles. The lowest BCUT2D eigenvalue weighted by Gasteiger charge is -2.23. The Bertz CT molecular complexity index is 322. The van der Waals surface area contributed by atoms with Crippen molar-refractivity contribution in [2.24, 2.45) is 0 Å². The minimum atomic E-state index is 0.931. The first kappa shape index (κ1) is 11.0. The number of fused-ring (bicyclic) bond motifs is 1. The first-order chi connectivity index (χ1) is 7.33. The second kappa shape index (κ2) is 5.05. The standard InChI is InChI=1S/C11H19N3S/c1-3-12-7-11-13-9-5-6-14(4-2)8-10(9)15-11/h12H,3-8H2,1-2H3. The van der Waals surface area contributed by atoms with Crippen LogP contribution in [-0.4, -0.2) is 29.5 Å². The highest BCUT2D eigenvalue weighted by Gasteiger charge is 2.18. The average molecular weight is 225 g/mol. The van der Waals surface area contributed by atoms with E-state index in [-0.39, 0.29) is 0 Å². The molecule has 3 nitrogen and oxygen atoms in total. The summed E-state index contributed by atoms with van der Waals surface area (Å²) in [6, 6.07) is 0. The Morgan fingerprint density at radius 3 is 3.07 bits per heavy atom. The molecule has 0 amide bonds. The van der Waals surface area contributed by atoms with Crippen LogP contribution >= 0.6 is 11.3 Å². The van der Waals surface area contributed by atoms with Gasteiger partial charge in [0.1, 0.15) is 5.01 Å². The van der Waals surface area contributed by atoms with Gasteiger partial charge in [-0.3, -0.25) is 4.90 Å². The van der Waals surface area contributed by atoms with Crippen LogP contribution in [0.4, 0.5) is 0 Å². The van der Waals surface area contributed by atoms with Crippen molar-refractivity contribution in [3.63, 3.8) is 0 Å². The van der Waals surface area contributed by atoms with Crippen LogP contribution in [0.5, 0.6) is 0 Å². The summed E-state index contributed by atoms with van der Waals surface area (Å²) in [5.41, 5.74) is 1.35. The number of hydrogen-bond acceptors (Lipinski definition) is 4. The van der Waals surface area contributed by atoms with Crippen molar-refractivity contribution >= 4 is 11.3 Å². The molecule has 2 rings (SSSR count). The Balaban J connectivity index is 2.04. The lowest BCUT2D eigenvalue weighted by molar-refractivity contribution is 0.269. The third-order valence-electron chi connectivity index (χ3n) is 2.83. The first-order valence-corrected chi connectivity index (χ1v) is 6.55. The van der Waals surface area contributed by atoms with Crippen molar-refractivity contribution in [2.45, 2.75) is 33.4 Å². The summed E-state index contributed by atoms with van der Waals surface area (Å²) in [5, 5.41) is 4.58. The molecule has 0 aliphatic carbocycles. The van der Waals surface area contributed by atoms with Crippen molar-refractivity contribution < 1.29 is 0 Å². The van der Waals surface area contributed by atoms with E-state index >= 15 is 0 Å². The molecule has 84 valence electrons.